The van der Waals surface area contributed by atoms with Crippen LogP contribution in [0.15, 0.2) is 36.7 Å². The standard InChI is InChI=1S/C22H27N7O/c1-3-30-22-18(14-12-23-24-13-14)6-7-19(26-22)20-8-9-21(28-27-20)29(2)17-10-15-4-5-16(11-17)25-15/h6-9,12-13,15-17,25H,3-5,10-11H2,1-2H3,(H,23,24)/t15-,16+,17+. The normalized spacial score (nSPS) is 22.8. The molecule has 2 saturated heterocycles. The molecular formula is C22H27N7O. The number of nitrogens with one attached hydrogen (secondary N) is 2. The number of fused-ring (bicyclic) bond motifs is 2. The molecule has 3 aromatic heterocycles. The van der Waals surface area contributed by atoms with Gasteiger partial charge < -0.3 is 15.0 Å². The maximum Gasteiger partial charge on any atom is 0.222 e. The molecule has 0 radical (unpaired) electrons. The Morgan fingerprint density at radius 1 is 1.07 bits per heavy atom. The van der Waals surface area contributed by atoms with Crippen LogP contribution >= 0.6 is 0 Å². The summed E-state index contributed by atoms with van der Waals surface area (Å²) in [4.78, 5) is 6.97. The number of hydrogen-bond donors (Lipinski definition) is 2. The van der Waals surface area contributed by atoms with Crippen LogP contribution in [0.5, 0.6) is 5.88 Å². The number of piperidine rings is 1. The van der Waals surface area contributed by atoms with E-state index in [1.807, 2.05) is 37.4 Å². The first kappa shape index (κ1) is 19.0. The molecule has 2 fully saturated rings. The van der Waals surface area contributed by atoms with E-state index in [9.17, 15) is 0 Å². The monoisotopic (exact) mass is 405 g/mol. The molecule has 8 heteroatoms. The van der Waals surface area contributed by atoms with Crippen LogP contribution in [0.3, 0.4) is 0 Å². The van der Waals surface area contributed by atoms with E-state index in [0.717, 1.165) is 28.3 Å². The molecule has 156 valence electrons. The highest BCUT2D eigenvalue weighted by Gasteiger charge is 2.35. The minimum atomic E-state index is 0.515. The molecule has 5 heterocycles. The first-order valence-electron chi connectivity index (χ1n) is 10.7. The second kappa shape index (κ2) is 8.02. The SMILES string of the molecule is CCOc1nc(-c2ccc(N(C)[C@H]3C[C@H]4CC[C@@H](C3)N4)nn2)ccc1-c1cn[nH]c1. The van der Waals surface area contributed by atoms with Crippen LogP contribution in [0, 0.1) is 0 Å². The van der Waals surface area contributed by atoms with E-state index < -0.39 is 0 Å². The molecule has 2 aliphatic rings. The molecule has 0 unspecified atom stereocenters. The highest BCUT2D eigenvalue weighted by molar-refractivity contribution is 5.70. The molecule has 0 aromatic carbocycles. The lowest BCUT2D eigenvalue weighted by atomic mass is 9.98. The Morgan fingerprint density at radius 3 is 2.53 bits per heavy atom. The Morgan fingerprint density at radius 2 is 1.87 bits per heavy atom. The number of ether oxygens (including phenoxy) is 1. The van der Waals surface area contributed by atoms with Crippen LogP contribution < -0.4 is 15.0 Å². The quantitative estimate of drug-likeness (QED) is 0.651. The van der Waals surface area contributed by atoms with Crippen molar-refractivity contribution in [3.63, 3.8) is 0 Å². The van der Waals surface area contributed by atoms with Crippen molar-refractivity contribution in [2.45, 2.75) is 50.7 Å². The molecule has 2 N–H and O–H groups in total. The lowest BCUT2D eigenvalue weighted by molar-refractivity contribution is 0.329. The molecule has 3 aromatic rings. The average molecular weight is 406 g/mol. The Balaban J connectivity index is 1.36. The van der Waals surface area contributed by atoms with Gasteiger partial charge in [-0.15, -0.1) is 10.2 Å². The van der Waals surface area contributed by atoms with Gasteiger partial charge in [0.1, 0.15) is 5.69 Å². The zero-order valence-corrected chi connectivity index (χ0v) is 17.4. The molecule has 2 aliphatic heterocycles. The minimum Gasteiger partial charge on any atom is -0.478 e. The van der Waals surface area contributed by atoms with Gasteiger partial charge in [-0.1, -0.05) is 0 Å². The van der Waals surface area contributed by atoms with Crippen molar-refractivity contribution in [1.29, 1.82) is 0 Å². The van der Waals surface area contributed by atoms with Crippen LogP contribution in [0.2, 0.25) is 0 Å². The number of H-pyrrole nitrogens is 1. The van der Waals surface area contributed by atoms with E-state index in [-0.39, 0.29) is 0 Å². The second-order valence-corrected chi connectivity index (χ2v) is 8.12. The second-order valence-electron chi connectivity index (χ2n) is 8.12. The fourth-order valence-corrected chi connectivity index (χ4v) is 4.63. The maximum atomic E-state index is 5.78. The van der Waals surface area contributed by atoms with Crippen LogP contribution in [0.25, 0.3) is 22.5 Å². The van der Waals surface area contributed by atoms with Gasteiger partial charge in [0.05, 0.1) is 18.5 Å². The number of pyridine rings is 1. The zero-order valence-electron chi connectivity index (χ0n) is 17.4. The van der Waals surface area contributed by atoms with Gasteiger partial charge in [-0.2, -0.15) is 5.10 Å². The number of aromatic amines is 1. The Hall–Kier alpha value is -3.00. The van der Waals surface area contributed by atoms with Crippen LogP contribution in [-0.2, 0) is 0 Å². The van der Waals surface area contributed by atoms with Crippen molar-refractivity contribution in [1.82, 2.24) is 30.7 Å². The summed E-state index contributed by atoms with van der Waals surface area (Å²) < 4.78 is 5.78. The topological polar surface area (TPSA) is 91.8 Å². The summed E-state index contributed by atoms with van der Waals surface area (Å²) >= 11 is 0. The predicted octanol–water partition coefficient (Wildman–Crippen LogP) is 3.05. The Bertz CT molecular complexity index is 977. The summed E-state index contributed by atoms with van der Waals surface area (Å²) in [5.41, 5.74) is 3.32. The summed E-state index contributed by atoms with van der Waals surface area (Å²) in [5.74, 6) is 1.48. The molecule has 2 bridgehead atoms. The number of aromatic nitrogens is 5. The summed E-state index contributed by atoms with van der Waals surface area (Å²) in [6.07, 6.45) is 8.52. The van der Waals surface area contributed by atoms with Gasteiger partial charge in [0.15, 0.2) is 5.82 Å². The van der Waals surface area contributed by atoms with E-state index in [4.69, 9.17) is 9.72 Å². The summed E-state index contributed by atoms with van der Waals surface area (Å²) in [6.45, 7) is 2.49. The molecule has 0 saturated carbocycles. The van der Waals surface area contributed by atoms with E-state index in [1.165, 1.54) is 25.7 Å². The van der Waals surface area contributed by atoms with Crippen molar-refractivity contribution < 1.29 is 4.74 Å². The first-order chi connectivity index (χ1) is 14.7. The highest BCUT2D eigenvalue weighted by Crippen LogP contribution is 2.32. The van der Waals surface area contributed by atoms with Crippen molar-refractivity contribution in [2.24, 2.45) is 0 Å². The number of nitrogens with zero attached hydrogens (tertiary/aromatic N) is 5. The van der Waals surface area contributed by atoms with Crippen molar-refractivity contribution in [3.05, 3.63) is 36.7 Å². The third kappa shape index (κ3) is 3.63. The fraction of sp³-hybridized carbons (Fsp3) is 0.455. The Kier molecular flexibility index (Phi) is 5.08. The van der Waals surface area contributed by atoms with E-state index in [1.54, 1.807) is 6.20 Å². The first-order valence-corrected chi connectivity index (χ1v) is 10.7. The maximum absolute atomic E-state index is 5.78. The zero-order chi connectivity index (χ0) is 20.5. The number of rotatable bonds is 6. The van der Waals surface area contributed by atoms with Gasteiger partial charge >= 0.3 is 0 Å². The van der Waals surface area contributed by atoms with Gasteiger partial charge in [0.2, 0.25) is 5.88 Å². The largest absolute Gasteiger partial charge is 0.478 e. The van der Waals surface area contributed by atoms with Crippen molar-refractivity contribution in [3.8, 4) is 28.4 Å². The molecule has 0 spiro atoms. The van der Waals surface area contributed by atoms with Gasteiger partial charge in [-0.25, -0.2) is 4.98 Å². The smallest absolute Gasteiger partial charge is 0.222 e. The highest BCUT2D eigenvalue weighted by atomic mass is 16.5. The minimum absolute atomic E-state index is 0.515. The summed E-state index contributed by atoms with van der Waals surface area (Å²) in [5, 5.41) is 19.5. The molecule has 3 atom stereocenters. The Labute approximate surface area is 176 Å². The van der Waals surface area contributed by atoms with Gasteiger partial charge in [-0.3, -0.25) is 5.10 Å². The van der Waals surface area contributed by atoms with Gasteiger partial charge in [-0.05, 0) is 56.9 Å². The van der Waals surface area contributed by atoms with Crippen LogP contribution in [0.1, 0.15) is 32.6 Å². The van der Waals surface area contributed by atoms with Crippen molar-refractivity contribution in [2.75, 3.05) is 18.6 Å². The third-order valence-electron chi connectivity index (χ3n) is 6.22. The lowest BCUT2D eigenvalue weighted by Gasteiger charge is -2.36. The summed E-state index contributed by atoms with van der Waals surface area (Å²) in [6, 6.07) is 9.79. The van der Waals surface area contributed by atoms with Crippen LogP contribution in [0.4, 0.5) is 5.82 Å². The van der Waals surface area contributed by atoms with Crippen LogP contribution in [-0.4, -0.2) is 57.2 Å². The molecular weight excluding hydrogens is 378 g/mol. The number of anilines is 1. The average Bonchev–Trinajstić information content (AvgIpc) is 3.43. The molecule has 0 amide bonds. The third-order valence-corrected chi connectivity index (χ3v) is 6.22. The molecule has 0 aliphatic carbocycles. The van der Waals surface area contributed by atoms with E-state index >= 15 is 0 Å². The number of hydrogen-bond acceptors (Lipinski definition) is 7. The molecule has 5 rings (SSSR count). The lowest BCUT2D eigenvalue weighted by Crippen LogP contribution is -2.47. The fourth-order valence-electron chi connectivity index (χ4n) is 4.63. The van der Waals surface area contributed by atoms with Gasteiger partial charge in [0, 0.05) is 42.5 Å². The van der Waals surface area contributed by atoms with Gasteiger partial charge in [0.25, 0.3) is 0 Å². The van der Waals surface area contributed by atoms with Crippen molar-refractivity contribution >= 4 is 5.82 Å². The van der Waals surface area contributed by atoms with E-state index in [2.05, 4.69) is 37.7 Å². The predicted molar refractivity (Wildman–Crippen MR) is 115 cm³/mol. The summed E-state index contributed by atoms with van der Waals surface area (Å²) in [7, 11) is 2.13. The molecule has 8 nitrogen and oxygen atoms in total. The van der Waals surface area contributed by atoms with E-state index in [0.29, 0.717) is 30.6 Å². The molecule has 30 heavy (non-hydrogen) atoms.